The lowest BCUT2D eigenvalue weighted by atomic mass is 9.70. The summed E-state index contributed by atoms with van der Waals surface area (Å²) in [6, 6.07) is 2.10. The average molecular weight is 292 g/mol. The fourth-order valence-electron chi connectivity index (χ4n) is 2.29. The molecule has 0 aliphatic heterocycles. The summed E-state index contributed by atoms with van der Waals surface area (Å²) in [5, 5.41) is 13.3. The van der Waals surface area contributed by atoms with Gasteiger partial charge in [0.25, 0.3) is 5.91 Å². The van der Waals surface area contributed by atoms with Crippen molar-refractivity contribution in [2.24, 2.45) is 5.41 Å². The monoisotopic (exact) mass is 292 g/mol. The third-order valence-corrected chi connectivity index (χ3v) is 5.05. The van der Waals surface area contributed by atoms with E-state index in [0.29, 0.717) is 20.9 Å². The summed E-state index contributed by atoms with van der Waals surface area (Å²) in [7, 11) is 3.35. The van der Waals surface area contributed by atoms with Gasteiger partial charge in [0.1, 0.15) is 21.5 Å². The van der Waals surface area contributed by atoms with Crippen molar-refractivity contribution >= 4 is 27.9 Å². The summed E-state index contributed by atoms with van der Waals surface area (Å²) in [5.41, 5.74) is 6.92. The summed E-state index contributed by atoms with van der Waals surface area (Å²) >= 11 is 1.27. The third kappa shape index (κ3) is 2.59. The van der Waals surface area contributed by atoms with E-state index in [1.807, 2.05) is 0 Å². The first kappa shape index (κ1) is 14.7. The molecule has 6 heteroatoms. The Kier molecular flexibility index (Phi) is 3.91. The summed E-state index contributed by atoms with van der Waals surface area (Å²) in [6.45, 7) is 3.05. The summed E-state index contributed by atoms with van der Waals surface area (Å²) in [5.74, 6) is -0.160. The van der Waals surface area contributed by atoms with Crippen LogP contribution in [0.15, 0.2) is 0 Å². The molecule has 1 fully saturated rings. The van der Waals surface area contributed by atoms with Gasteiger partial charge in [0, 0.05) is 20.6 Å². The van der Waals surface area contributed by atoms with E-state index in [1.165, 1.54) is 35.5 Å². The van der Waals surface area contributed by atoms with Crippen LogP contribution in [0.1, 0.15) is 41.4 Å². The maximum atomic E-state index is 12.0. The average Bonchev–Trinajstić information content (AvgIpc) is 2.69. The van der Waals surface area contributed by atoms with Gasteiger partial charge in [-0.2, -0.15) is 5.26 Å². The van der Waals surface area contributed by atoms with E-state index in [2.05, 4.69) is 18.3 Å². The number of nitrogen functional groups attached to an aromatic ring is 1. The second-order valence-electron chi connectivity index (χ2n) is 5.88. The van der Waals surface area contributed by atoms with Gasteiger partial charge in [-0.05, 0) is 18.3 Å². The molecule has 3 N–H and O–H groups in total. The van der Waals surface area contributed by atoms with E-state index in [0.717, 1.165) is 6.54 Å². The van der Waals surface area contributed by atoms with Gasteiger partial charge in [0.15, 0.2) is 0 Å². The molecule has 5 nitrogen and oxygen atoms in total. The summed E-state index contributed by atoms with van der Waals surface area (Å²) < 4.78 is 0. The first-order valence-electron chi connectivity index (χ1n) is 6.66. The molecule has 0 aromatic carbocycles. The van der Waals surface area contributed by atoms with E-state index in [1.54, 1.807) is 14.1 Å². The molecule has 1 aromatic rings. The van der Waals surface area contributed by atoms with Crippen LogP contribution >= 0.6 is 11.3 Å². The molecule has 0 saturated heterocycles. The third-order valence-electron chi connectivity index (χ3n) is 3.89. The van der Waals surface area contributed by atoms with Crippen LogP contribution in [0.2, 0.25) is 0 Å². The molecule has 1 heterocycles. The molecule has 1 amide bonds. The number of hydrogen-bond donors (Lipinski definition) is 2. The van der Waals surface area contributed by atoms with Gasteiger partial charge in [0.2, 0.25) is 0 Å². The smallest absolute Gasteiger partial charge is 0.265 e. The minimum Gasteiger partial charge on any atom is -0.396 e. The zero-order valence-electron chi connectivity index (χ0n) is 12.1. The fourth-order valence-corrected chi connectivity index (χ4v) is 3.38. The van der Waals surface area contributed by atoms with Crippen molar-refractivity contribution in [1.29, 1.82) is 5.26 Å². The predicted octanol–water partition coefficient (Wildman–Crippen LogP) is 2.51. The molecule has 0 spiro atoms. The number of hydrogen-bond acceptors (Lipinski definition) is 5. The van der Waals surface area contributed by atoms with Gasteiger partial charge in [-0.25, -0.2) is 0 Å². The van der Waals surface area contributed by atoms with E-state index >= 15 is 0 Å². The second-order valence-corrected chi connectivity index (χ2v) is 6.90. The lowest BCUT2D eigenvalue weighted by Gasteiger charge is -2.38. The quantitative estimate of drug-likeness (QED) is 0.893. The number of nitrogens with one attached hydrogen (secondary N) is 1. The van der Waals surface area contributed by atoms with Crippen molar-refractivity contribution in [2.45, 2.75) is 26.2 Å². The van der Waals surface area contributed by atoms with E-state index in [4.69, 9.17) is 5.73 Å². The predicted molar refractivity (Wildman–Crippen MR) is 81.9 cm³/mol. The molecule has 0 bridgehead atoms. The standard InChI is InChI=1S/C14H20N4OS/c1-14(5-4-6-14)8-17-12-9(7-15)10(16)11(20-12)13(19)18(2)3/h17H,4-6,8,16H2,1-3H3. The molecule has 1 aliphatic carbocycles. The number of anilines is 2. The van der Waals surface area contributed by atoms with Crippen LogP contribution < -0.4 is 11.1 Å². The number of carbonyl (C=O) groups is 1. The van der Waals surface area contributed by atoms with Crippen molar-refractivity contribution in [3.63, 3.8) is 0 Å². The summed E-state index contributed by atoms with van der Waals surface area (Å²) in [6.07, 6.45) is 3.67. The van der Waals surface area contributed by atoms with Crippen molar-refractivity contribution < 1.29 is 4.79 Å². The molecular formula is C14H20N4OS. The number of amides is 1. The minimum absolute atomic E-state index is 0.160. The molecule has 0 atom stereocenters. The number of nitrogens with zero attached hydrogens (tertiary/aromatic N) is 2. The SMILES string of the molecule is CN(C)C(=O)c1sc(NCC2(C)CCC2)c(C#N)c1N. The topological polar surface area (TPSA) is 82.2 Å². The van der Waals surface area contributed by atoms with Gasteiger partial charge in [-0.1, -0.05) is 13.3 Å². The number of thiophene rings is 1. The maximum Gasteiger partial charge on any atom is 0.265 e. The molecule has 1 aromatic heterocycles. The Hall–Kier alpha value is -1.74. The first-order chi connectivity index (χ1) is 9.38. The van der Waals surface area contributed by atoms with Crippen LogP contribution in [-0.4, -0.2) is 31.4 Å². The molecular weight excluding hydrogens is 272 g/mol. The fraction of sp³-hybridized carbons (Fsp3) is 0.571. The van der Waals surface area contributed by atoms with Crippen LogP contribution in [0.3, 0.4) is 0 Å². The van der Waals surface area contributed by atoms with Crippen LogP contribution in [-0.2, 0) is 0 Å². The number of nitrogens with two attached hydrogens (primary N) is 1. The molecule has 1 aliphatic rings. The van der Waals surface area contributed by atoms with E-state index < -0.39 is 0 Å². The molecule has 20 heavy (non-hydrogen) atoms. The van der Waals surface area contributed by atoms with Crippen LogP contribution in [0.25, 0.3) is 0 Å². The lowest BCUT2D eigenvalue weighted by molar-refractivity contribution is 0.0833. The highest BCUT2D eigenvalue weighted by Gasteiger charge is 2.32. The Morgan fingerprint density at radius 1 is 1.55 bits per heavy atom. The van der Waals surface area contributed by atoms with Gasteiger partial charge in [-0.15, -0.1) is 11.3 Å². The van der Waals surface area contributed by atoms with Crippen molar-refractivity contribution in [2.75, 3.05) is 31.7 Å². The molecule has 2 rings (SSSR count). The molecule has 108 valence electrons. The zero-order valence-corrected chi connectivity index (χ0v) is 12.9. The van der Waals surface area contributed by atoms with Crippen molar-refractivity contribution in [1.82, 2.24) is 4.90 Å². The normalized spacial score (nSPS) is 16.1. The van der Waals surface area contributed by atoms with Crippen molar-refractivity contribution in [3.05, 3.63) is 10.4 Å². The Balaban J connectivity index is 2.22. The van der Waals surface area contributed by atoms with Crippen molar-refractivity contribution in [3.8, 4) is 6.07 Å². The van der Waals surface area contributed by atoms with Gasteiger partial charge in [-0.3, -0.25) is 4.79 Å². The first-order valence-corrected chi connectivity index (χ1v) is 7.47. The molecule has 0 unspecified atom stereocenters. The Morgan fingerprint density at radius 2 is 2.20 bits per heavy atom. The lowest BCUT2D eigenvalue weighted by Crippen LogP contribution is -2.33. The number of carbonyl (C=O) groups excluding carboxylic acids is 1. The van der Waals surface area contributed by atoms with E-state index in [9.17, 15) is 10.1 Å². The summed E-state index contributed by atoms with van der Waals surface area (Å²) in [4.78, 5) is 13.9. The van der Waals surface area contributed by atoms with Crippen LogP contribution in [0, 0.1) is 16.7 Å². The highest BCUT2D eigenvalue weighted by Crippen LogP contribution is 2.42. The van der Waals surface area contributed by atoms with Crippen LogP contribution in [0.4, 0.5) is 10.7 Å². The number of nitriles is 1. The maximum absolute atomic E-state index is 12.0. The second kappa shape index (κ2) is 5.33. The largest absolute Gasteiger partial charge is 0.396 e. The number of rotatable bonds is 4. The molecule has 0 radical (unpaired) electrons. The highest BCUT2D eigenvalue weighted by atomic mass is 32.1. The Labute approximate surface area is 123 Å². The zero-order chi connectivity index (χ0) is 14.9. The highest BCUT2D eigenvalue weighted by molar-refractivity contribution is 7.18. The Bertz CT molecular complexity index is 566. The van der Waals surface area contributed by atoms with Gasteiger partial charge < -0.3 is 16.0 Å². The van der Waals surface area contributed by atoms with Crippen LogP contribution in [0.5, 0.6) is 0 Å². The van der Waals surface area contributed by atoms with Gasteiger partial charge in [0.05, 0.1) is 5.69 Å². The minimum atomic E-state index is -0.160. The van der Waals surface area contributed by atoms with Gasteiger partial charge >= 0.3 is 0 Å². The Morgan fingerprint density at radius 3 is 2.65 bits per heavy atom. The molecule has 1 saturated carbocycles. The van der Waals surface area contributed by atoms with E-state index in [-0.39, 0.29) is 11.6 Å².